The molecule has 0 unspecified atom stereocenters. The van der Waals surface area contributed by atoms with E-state index < -0.39 is 21.9 Å². The van der Waals surface area contributed by atoms with E-state index in [1.54, 1.807) is 48.5 Å². The van der Waals surface area contributed by atoms with Crippen LogP contribution in [0.1, 0.15) is 11.3 Å². The first-order valence-electron chi connectivity index (χ1n) is 9.57. The van der Waals surface area contributed by atoms with Gasteiger partial charge in [-0.05, 0) is 49.4 Å². The molecule has 0 spiro atoms. The quantitative estimate of drug-likeness (QED) is 0.440. The van der Waals surface area contributed by atoms with Crippen molar-refractivity contribution in [3.8, 4) is 22.7 Å². The van der Waals surface area contributed by atoms with Gasteiger partial charge in [0.25, 0.3) is 0 Å². The minimum Gasteiger partial charge on any atom is -0.508 e. The number of halogens is 3. The number of benzene rings is 3. The average Bonchev–Trinajstić information content (AvgIpc) is 3.21. The van der Waals surface area contributed by atoms with E-state index in [9.17, 15) is 21.6 Å². The number of aromatic nitrogens is 2. The topological polar surface area (TPSA) is 98.2 Å². The molecule has 33 heavy (non-hydrogen) atoms. The molecule has 6 nitrogen and oxygen atoms in total. The molecule has 0 atom stereocenters. The van der Waals surface area contributed by atoms with Crippen LogP contribution in [0.5, 0.6) is 5.75 Å². The predicted molar refractivity (Wildman–Crippen MR) is 118 cm³/mol. The standard InChI is InChI=1S/C17H14F3N3O2S.C6H6O/c1-11-2-4-12(5-3-11)15-10-16(17(18,19)20)22-23(15)13-6-8-14(9-7-13)26(21,24)25;7-6-4-2-1-3-5-6/h2-10H,1H3,(H2,21,24,25);1-5,7H. The molecule has 0 saturated carbocycles. The van der Waals surface area contributed by atoms with Crippen LogP contribution in [0.3, 0.4) is 0 Å². The Hall–Kier alpha value is -3.63. The van der Waals surface area contributed by atoms with Gasteiger partial charge in [0.1, 0.15) is 5.75 Å². The summed E-state index contributed by atoms with van der Waals surface area (Å²) < 4.78 is 63.2. The van der Waals surface area contributed by atoms with Crippen LogP contribution in [0, 0.1) is 6.92 Å². The monoisotopic (exact) mass is 475 g/mol. The number of nitrogens with zero attached hydrogens (tertiary/aromatic N) is 2. The number of rotatable bonds is 3. The fourth-order valence-corrected chi connectivity index (χ4v) is 3.37. The maximum atomic E-state index is 13.1. The Bertz CT molecular complexity index is 1320. The Morgan fingerprint density at radius 2 is 1.48 bits per heavy atom. The van der Waals surface area contributed by atoms with Gasteiger partial charge in [0, 0.05) is 5.56 Å². The van der Waals surface area contributed by atoms with Gasteiger partial charge in [-0.15, -0.1) is 0 Å². The minimum atomic E-state index is -4.61. The highest BCUT2D eigenvalue weighted by Gasteiger charge is 2.35. The molecule has 3 N–H and O–H groups in total. The number of hydrogen-bond donors (Lipinski definition) is 2. The summed E-state index contributed by atoms with van der Waals surface area (Å²) in [6.45, 7) is 1.87. The Balaban J connectivity index is 0.000000374. The summed E-state index contributed by atoms with van der Waals surface area (Å²) in [7, 11) is -3.90. The number of primary sulfonamides is 1. The van der Waals surface area contributed by atoms with Crippen molar-refractivity contribution in [1.82, 2.24) is 9.78 Å². The molecular weight excluding hydrogens is 455 g/mol. The highest BCUT2D eigenvalue weighted by atomic mass is 32.2. The molecule has 1 heterocycles. The molecule has 10 heteroatoms. The molecule has 0 aliphatic rings. The third-order valence-electron chi connectivity index (χ3n) is 4.51. The number of aromatic hydroxyl groups is 1. The van der Waals surface area contributed by atoms with E-state index in [-0.39, 0.29) is 16.3 Å². The molecular formula is C23H20F3N3O3S. The van der Waals surface area contributed by atoms with Crippen LogP contribution in [-0.2, 0) is 16.2 Å². The van der Waals surface area contributed by atoms with Gasteiger partial charge >= 0.3 is 6.18 Å². The number of sulfonamides is 1. The third-order valence-corrected chi connectivity index (χ3v) is 5.44. The number of phenolic OH excluding ortho intramolecular Hbond substituents is 1. The van der Waals surface area contributed by atoms with E-state index in [2.05, 4.69) is 5.10 Å². The lowest BCUT2D eigenvalue weighted by Gasteiger charge is -2.09. The van der Waals surface area contributed by atoms with Gasteiger partial charge in [-0.25, -0.2) is 18.2 Å². The maximum absolute atomic E-state index is 13.1. The SMILES string of the molecule is Cc1ccc(-c2cc(C(F)(F)F)nn2-c2ccc(S(N)(=O)=O)cc2)cc1.Oc1ccccc1. The van der Waals surface area contributed by atoms with Crippen molar-refractivity contribution >= 4 is 10.0 Å². The van der Waals surface area contributed by atoms with Crippen molar-refractivity contribution in [3.63, 3.8) is 0 Å². The predicted octanol–water partition coefficient (Wildman–Crippen LogP) is 4.91. The zero-order valence-corrected chi connectivity index (χ0v) is 18.2. The second-order valence-electron chi connectivity index (χ2n) is 7.06. The van der Waals surface area contributed by atoms with Gasteiger partial charge in [-0.2, -0.15) is 18.3 Å². The van der Waals surface area contributed by atoms with E-state index in [1.165, 1.54) is 24.3 Å². The van der Waals surface area contributed by atoms with Crippen molar-refractivity contribution in [2.45, 2.75) is 18.0 Å². The third kappa shape index (κ3) is 6.21. The van der Waals surface area contributed by atoms with Crippen molar-refractivity contribution in [2.24, 2.45) is 5.14 Å². The summed E-state index contributed by atoms with van der Waals surface area (Å²) in [5.41, 5.74) is 0.996. The zero-order valence-electron chi connectivity index (χ0n) is 17.4. The Kier molecular flexibility index (Phi) is 6.89. The molecule has 0 aliphatic heterocycles. The van der Waals surface area contributed by atoms with E-state index in [1.807, 2.05) is 13.0 Å². The van der Waals surface area contributed by atoms with Gasteiger partial charge in [0.15, 0.2) is 5.69 Å². The van der Waals surface area contributed by atoms with Crippen LogP contribution in [0.4, 0.5) is 13.2 Å². The van der Waals surface area contributed by atoms with Gasteiger partial charge in [-0.3, -0.25) is 0 Å². The van der Waals surface area contributed by atoms with E-state index in [4.69, 9.17) is 10.2 Å². The fraction of sp³-hybridized carbons (Fsp3) is 0.0870. The maximum Gasteiger partial charge on any atom is 0.435 e. The summed E-state index contributed by atoms with van der Waals surface area (Å²) >= 11 is 0. The molecule has 1 aromatic heterocycles. The Morgan fingerprint density at radius 3 is 1.94 bits per heavy atom. The first-order chi connectivity index (χ1) is 15.4. The molecule has 172 valence electrons. The highest BCUT2D eigenvalue weighted by molar-refractivity contribution is 7.89. The van der Waals surface area contributed by atoms with Crippen LogP contribution in [0.15, 0.2) is 89.8 Å². The molecule has 0 saturated heterocycles. The van der Waals surface area contributed by atoms with Crippen LogP contribution in [-0.4, -0.2) is 23.3 Å². The second-order valence-corrected chi connectivity index (χ2v) is 8.63. The van der Waals surface area contributed by atoms with Crippen LogP contribution >= 0.6 is 0 Å². The lowest BCUT2D eigenvalue weighted by molar-refractivity contribution is -0.141. The van der Waals surface area contributed by atoms with Crippen molar-refractivity contribution in [2.75, 3.05) is 0 Å². The molecule has 3 aromatic carbocycles. The lowest BCUT2D eigenvalue weighted by Crippen LogP contribution is -2.12. The normalized spacial score (nSPS) is 11.5. The van der Waals surface area contributed by atoms with E-state index in [0.29, 0.717) is 11.3 Å². The van der Waals surface area contributed by atoms with Gasteiger partial charge < -0.3 is 5.11 Å². The van der Waals surface area contributed by atoms with Crippen molar-refractivity contribution < 1.29 is 26.7 Å². The summed E-state index contributed by atoms with van der Waals surface area (Å²) in [6, 6.07) is 21.8. The van der Waals surface area contributed by atoms with Crippen molar-refractivity contribution in [1.29, 1.82) is 0 Å². The molecule has 0 bridgehead atoms. The number of phenols is 1. The van der Waals surface area contributed by atoms with Crippen molar-refractivity contribution in [3.05, 3.63) is 96.2 Å². The number of para-hydroxylation sites is 1. The average molecular weight is 475 g/mol. The Morgan fingerprint density at radius 1 is 0.909 bits per heavy atom. The summed E-state index contributed by atoms with van der Waals surface area (Å²) in [5.74, 6) is 0.322. The summed E-state index contributed by atoms with van der Waals surface area (Å²) in [6.07, 6.45) is -4.61. The first kappa shape index (κ1) is 24.0. The number of aryl methyl sites for hydroxylation is 1. The molecule has 0 radical (unpaired) electrons. The lowest BCUT2D eigenvalue weighted by atomic mass is 10.1. The summed E-state index contributed by atoms with van der Waals surface area (Å²) in [5, 5.41) is 17.3. The van der Waals surface area contributed by atoms with Crippen LogP contribution in [0.2, 0.25) is 0 Å². The largest absolute Gasteiger partial charge is 0.508 e. The zero-order chi connectivity index (χ0) is 24.2. The van der Waals surface area contributed by atoms with Gasteiger partial charge in [0.05, 0.1) is 16.3 Å². The molecule has 4 rings (SSSR count). The minimum absolute atomic E-state index is 0.138. The number of alkyl halides is 3. The molecule has 4 aromatic rings. The fourth-order valence-electron chi connectivity index (χ4n) is 2.85. The highest BCUT2D eigenvalue weighted by Crippen LogP contribution is 2.33. The number of nitrogens with two attached hydrogens (primary N) is 1. The van der Waals surface area contributed by atoms with Gasteiger partial charge in [0.2, 0.25) is 10.0 Å². The number of hydrogen-bond acceptors (Lipinski definition) is 4. The Labute approximate surface area is 188 Å². The molecule has 0 aliphatic carbocycles. The van der Waals surface area contributed by atoms with Crippen LogP contribution < -0.4 is 5.14 Å². The molecule has 0 fully saturated rings. The second kappa shape index (κ2) is 9.47. The van der Waals surface area contributed by atoms with E-state index in [0.717, 1.165) is 16.3 Å². The van der Waals surface area contributed by atoms with E-state index >= 15 is 0 Å². The smallest absolute Gasteiger partial charge is 0.435 e. The van der Waals surface area contributed by atoms with Crippen LogP contribution in [0.25, 0.3) is 16.9 Å². The summed E-state index contributed by atoms with van der Waals surface area (Å²) in [4.78, 5) is -0.138. The molecule has 0 amide bonds. The first-order valence-corrected chi connectivity index (χ1v) is 11.1. The van der Waals surface area contributed by atoms with Gasteiger partial charge in [-0.1, -0.05) is 48.0 Å².